The Balaban J connectivity index is 1.53. The first-order valence-corrected chi connectivity index (χ1v) is 10.7. The molecular weight excluding hydrogens is 418 g/mol. The van der Waals surface area contributed by atoms with Crippen molar-refractivity contribution in [2.45, 2.75) is 12.5 Å². The van der Waals surface area contributed by atoms with Crippen LogP contribution in [0.5, 0.6) is 0 Å². The first-order chi connectivity index (χ1) is 15.5. The van der Waals surface area contributed by atoms with Crippen LogP contribution >= 0.6 is 0 Å². The summed E-state index contributed by atoms with van der Waals surface area (Å²) in [6.07, 6.45) is 0.694. The second kappa shape index (κ2) is 8.44. The predicted molar refractivity (Wildman–Crippen MR) is 114 cm³/mol. The minimum atomic E-state index is -0.716. The summed E-state index contributed by atoms with van der Waals surface area (Å²) < 4.78 is 38.5. The number of ether oxygens (including phenoxy) is 1. The molecule has 32 heavy (non-hydrogen) atoms. The summed E-state index contributed by atoms with van der Waals surface area (Å²) in [5.74, 6) is -1.39. The zero-order valence-electron chi connectivity index (χ0n) is 17.4. The van der Waals surface area contributed by atoms with Crippen LogP contribution in [0.1, 0.15) is 34.1 Å². The van der Waals surface area contributed by atoms with Gasteiger partial charge in [0.05, 0.1) is 30.2 Å². The maximum absolute atomic E-state index is 13.8. The maximum Gasteiger partial charge on any atom is 0.290 e. The van der Waals surface area contributed by atoms with Gasteiger partial charge in [0, 0.05) is 26.2 Å². The predicted octanol–water partition coefficient (Wildman–Crippen LogP) is 3.34. The number of fused-ring (bicyclic) bond motifs is 2. The molecule has 166 valence electrons. The highest BCUT2D eigenvalue weighted by Crippen LogP contribution is 2.38. The molecule has 1 aromatic heterocycles. The van der Waals surface area contributed by atoms with E-state index in [1.165, 1.54) is 24.3 Å². The fourth-order valence-corrected chi connectivity index (χ4v) is 4.50. The molecule has 0 aliphatic carbocycles. The van der Waals surface area contributed by atoms with Gasteiger partial charge in [-0.3, -0.25) is 14.5 Å². The third-order valence-corrected chi connectivity index (χ3v) is 6.09. The highest BCUT2D eigenvalue weighted by atomic mass is 19.1. The lowest BCUT2D eigenvalue weighted by Gasteiger charge is -2.29. The molecule has 5 rings (SSSR count). The van der Waals surface area contributed by atoms with Crippen LogP contribution in [-0.4, -0.2) is 55.1 Å². The summed E-state index contributed by atoms with van der Waals surface area (Å²) in [7, 11) is 0. The van der Waals surface area contributed by atoms with Crippen LogP contribution in [0, 0.1) is 11.6 Å². The highest BCUT2D eigenvalue weighted by Gasteiger charge is 2.42. The van der Waals surface area contributed by atoms with E-state index in [4.69, 9.17) is 9.15 Å². The Morgan fingerprint density at radius 2 is 1.66 bits per heavy atom. The highest BCUT2D eigenvalue weighted by molar-refractivity contribution is 5.99. The van der Waals surface area contributed by atoms with Crippen LogP contribution in [0.25, 0.3) is 11.0 Å². The van der Waals surface area contributed by atoms with Gasteiger partial charge in [-0.05, 0) is 42.3 Å². The first kappa shape index (κ1) is 20.8. The molecule has 2 aromatic carbocycles. The molecule has 8 heteroatoms. The Kier molecular flexibility index (Phi) is 5.48. The molecule has 2 aliphatic rings. The molecule has 1 amide bonds. The number of carbonyl (C=O) groups is 1. The molecule has 0 radical (unpaired) electrons. The van der Waals surface area contributed by atoms with Gasteiger partial charge in [-0.25, -0.2) is 8.78 Å². The Bertz CT molecular complexity index is 1220. The van der Waals surface area contributed by atoms with E-state index in [2.05, 4.69) is 4.90 Å². The lowest BCUT2D eigenvalue weighted by Crippen LogP contribution is -2.38. The Morgan fingerprint density at radius 3 is 2.41 bits per heavy atom. The number of amides is 1. The van der Waals surface area contributed by atoms with Gasteiger partial charge in [-0.2, -0.15) is 0 Å². The summed E-state index contributed by atoms with van der Waals surface area (Å²) in [5.41, 5.74) is 0.495. The zero-order valence-corrected chi connectivity index (χ0v) is 17.4. The molecule has 2 aliphatic heterocycles. The quantitative estimate of drug-likeness (QED) is 0.609. The van der Waals surface area contributed by atoms with E-state index < -0.39 is 23.1 Å². The summed E-state index contributed by atoms with van der Waals surface area (Å²) in [5, 5.41) is 0.0822. The second-order valence-corrected chi connectivity index (χ2v) is 8.07. The molecule has 0 spiro atoms. The van der Waals surface area contributed by atoms with Crippen molar-refractivity contribution in [3.8, 4) is 0 Å². The Hall–Kier alpha value is -3.10. The van der Waals surface area contributed by atoms with Gasteiger partial charge in [-0.15, -0.1) is 0 Å². The van der Waals surface area contributed by atoms with Crippen molar-refractivity contribution in [1.29, 1.82) is 0 Å². The van der Waals surface area contributed by atoms with Gasteiger partial charge >= 0.3 is 0 Å². The van der Waals surface area contributed by atoms with E-state index in [1.807, 2.05) is 0 Å². The van der Waals surface area contributed by atoms with E-state index in [0.29, 0.717) is 31.7 Å². The van der Waals surface area contributed by atoms with E-state index in [1.54, 1.807) is 17.0 Å². The van der Waals surface area contributed by atoms with E-state index in [0.717, 1.165) is 25.7 Å². The number of carbonyl (C=O) groups excluding carboxylic acids is 1. The standard InChI is InChI=1S/C24H22F2N2O4/c25-16-4-2-15(3-5-16)21-20-22(29)18-14-17(26)6-7-19(18)32-23(20)24(30)28(21)9-1-8-27-10-12-31-13-11-27/h2-7,14,21H,1,8-13H2/t21-/m1/s1. The number of hydrogen-bond donors (Lipinski definition) is 0. The van der Waals surface area contributed by atoms with Gasteiger partial charge < -0.3 is 14.1 Å². The molecule has 1 saturated heterocycles. The normalized spacial score (nSPS) is 19.0. The van der Waals surface area contributed by atoms with Crippen LogP contribution < -0.4 is 5.43 Å². The second-order valence-electron chi connectivity index (χ2n) is 8.07. The van der Waals surface area contributed by atoms with Crippen LogP contribution in [0.15, 0.2) is 51.7 Å². The molecule has 0 N–H and O–H groups in total. The SMILES string of the molecule is O=C1c2oc3ccc(F)cc3c(=O)c2[C@@H](c2ccc(F)cc2)N1CCCN1CCOCC1. The van der Waals surface area contributed by atoms with Crippen molar-refractivity contribution in [2.75, 3.05) is 39.4 Å². The van der Waals surface area contributed by atoms with Crippen molar-refractivity contribution < 1.29 is 22.7 Å². The lowest BCUT2D eigenvalue weighted by atomic mass is 9.98. The molecule has 0 unspecified atom stereocenters. The minimum Gasteiger partial charge on any atom is -0.450 e. The summed E-state index contributed by atoms with van der Waals surface area (Å²) in [6, 6.07) is 8.67. The third-order valence-electron chi connectivity index (χ3n) is 6.09. The topological polar surface area (TPSA) is 63.0 Å². The Morgan fingerprint density at radius 1 is 0.938 bits per heavy atom. The van der Waals surface area contributed by atoms with Crippen molar-refractivity contribution in [1.82, 2.24) is 9.80 Å². The van der Waals surface area contributed by atoms with Crippen molar-refractivity contribution >= 4 is 16.9 Å². The van der Waals surface area contributed by atoms with E-state index in [9.17, 15) is 18.4 Å². The van der Waals surface area contributed by atoms with Crippen LogP contribution in [0.3, 0.4) is 0 Å². The largest absolute Gasteiger partial charge is 0.450 e. The fourth-order valence-electron chi connectivity index (χ4n) is 4.50. The molecule has 6 nitrogen and oxygen atoms in total. The third kappa shape index (κ3) is 3.69. The zero-order chi connectivity index (χ0) is 22.2. The molecule has 0 bridgehead atoms. The number of morpholine rings is 1. The number of halogens is 2. The van der Waals surface area contributed by atoms with E-state index in [-0.39, 0.29) is 28.2 Å². The average molecular weight is 440 g/mol. The first-order valence-electron chi connectivity index (χ1n) is 10.7. The molecule has 0 saturated carbocycles. The van der Waals surface area contributed by atoms with Crippen molar-refractivity contribution in [2.24, 2.45) is 0 Å². The van der Waals surface area contributed by atoms with Crippen molar-refractivity contribution in [3.05, 3.63) is 81.2 Å². The van der Waals surface area contributed by atoms with Crippen LogP contribution in [-0.2, 0) is 4.74 Å². The molecule has 3 aromatic rings. The lowest BCUT2D eigenvalue weighted by molar-refractivity contribution is 0.0353. The summed E-state index contributed by atoms with van der Waals surface area (Å²) >= 11 is 0. The maximum atomic E-state index is 13.8. The smallest absolute Gasteiger partial charge is 0.290 e. The molecule has 1 atom stereocenters. The van der Waals surface area contributed by atoms with Gasteiger partial charge in [0.1, 0.15) is 17.2 Å². The van der Waals surface area contributed by atoms with Crippen LogP contribution in [0.4, 0.5) is 8.78 Å². The molecule has 1 fully saturated rings. The van der Waals surface area contributed by atoms with E-state index >= 15 is 0 Å². The van der Waals surface area contributed by atoms with Crippen LogP contribution in [0.2, 0.25) is 0 Å². The average Bonchev–Trinajstić information content (AvgIpc) is 3.08. The summed E-state index contributed by atoms with van der Waals surface area (Å²) in [6.45, 7) is 4.24. The van der Waals surface area contributed by atoms with Gasteiger partial charge in [0.25, 0.3) is 5.91 Å². The number of hydrogen-bond acceptors (Lipinski definition) is 5. The van der Waals surface area contributed by atoms with Gasteiger partial charge in [-0.1, -0.05) is 12.1 Å². The number of rotatable bonds is 5. The minimum absolute atomic E-state index is 0.0326. The molecular formula is C24H22F2N2O4. The Labute approximate surface area is 183 Å². The molecule has 3 heterocycles. The monoisotopic (exact) mass is 440 g/mol. The number of benzene rings is 2. The van der Waals surface area contributed by atoms with Crippen molar-refractivity contribution in [3.63, 3.8) is 0 Å². The van der Waals surface area contributed by atoms with Gasteiger partial charge in [0.2, 0.25) is 5.76 Å². The number of nitrogens with zero attached hydrogens (tertiary/aromatic N) is 2. The summed E-state index contributed by atoms with van der Waals surface area (Å²) in [4.78, 5) is 30.5. The fraction of sp³-hybridized carbons (Fsp3) is 0.333. The van der Waals surface area contributed by atoms with Gasteiger partial charge in [0.15, 0.2) is 5.43 Å².